The van der Waals surface area contributed by atoms with Gasteiger partial charge in [0.15, 0.2) is 0 Å². The zero-order valence-corrected chi connectivity index (χ0v) is 5.57. The van der Waals surface area contributed by atoms with E-state index < -0.39 is 0 Å². The molecule has 0 aliphatic carbocycles. The molecule has 4 heavy (non-hydrogen) atoms. The van der Waals surface area contributed by atoms with Crippen molar-refractivity contribution in [2.75, 3.05) is 0 Å². The second-order valence-electron chi connectivity index (χ2n) is 0.402. The van der Waals surface area contributed by atoms with Crippen LogP contribution in [0.25, 0.3) is 0 Å². The first-order chi connectivity index (χ1) is 1.91. The van der Waals surface area contributed by atoms with Crippen LogP contribution in [0.3, 0.4) is 0 Å². The molecule has 0 spiro atoms. The molecule has 0 aliphatic rings. The molecular formula is C2H5OSb. The van der Waals surface area contributed by atoms with Gasteiger partial charge < -0.3 is 0 Å². The van der Waals surface area contributed by atoms with Crippen LogP contribution in [0.15, 0.2) is 0 Å². The molecular weight excluding hydrogens is 162 g/mol. The molecule has 0 bridgehead atoms. The maximum absolute atomic E-state index is 9.21. The van der Waals surface area contributed by atoms with Gasteiger partial charge in [0, 0.05) is 0 Å². The number of hydrogen-bond donors (Lipinski definition) is 0. The van der Waals surface area contributed by atoms with Crippen LogP contribution in [-0.4, -0.2) is 29.3 Å². The van der Waals surface area contributed by atoms with Crippen molar-refractivity contribution >= 4 is 29.3 Å². The van der Waals surface area contributed by atoms with Crippen molar-refractivity contribution in [1.29, 1.82) is 0 Å². The summed E-state index contributed by atoms with van der Waals surface area (Å²) in [5, 5.41) is 0. The van der Waals surface area contributed by atoms with Crippen LogP contribution in [0.5, 0.6) is 0 Å². The molecule has 24 valence electrons. The summed E-state index contributed by atoms with van der Waals surface area (Å²) in [6.45, 7) is 0. The third kappa shape index (κ3) is 2.49. The molecule has 1 nitrogen and oxygen atoms in total. The molecule has 0 rings (SSSR count). The Kier molecular flexibility index (Phi) is 3.91. The van der Waals surface area contributed by atoms with Crippen molar-refractivity contribution in [1.82, 2.24) is 0 Å². The second kappa shape index (κ2) is 3.49. The molecule has 0 unspecified atom stereocenters. The van der Waals surface area contributed by atoms with Crippen LogP contribution in [0.1, 0.15) is 0 Å². The van der Waals surface area contributed by atoms with Crippen LogP contribution in [0.4, 0.5) is 0 Å². The van der Waals surface area contributed by atoms with E-state index in [9.17, 15) is 4.79 Å². The SMILES string of the molecule is O=C[CH2][SbH2]. The second-order valence-corrected chi connectivity index (χ2v) is 1.75. The number of aldehydes is 1. The van der Waals surface area contributed by atoms with Gasteiger partial charge in [-0.25, -0.2) is 0 Å². The standard InChI is InChI=1S/C2H3O.Sb.2H/c1-2-3;;;/h2H,1H2;;;. The first kappa shape index (κ1) is 4.49. The summed E-state index contributed by atoms with van der Waals surface area (Å²) >= 11 is 1.07. The number of rotatable bonds is 1. The first-order valence-electron chi connectivity index (χ1n) is 1.05. The van der Waals surface area contributed by atoms with Crippen molar-refractivity contribution in [2.24, 2.45) is 0 Å². The molecule has 0 aromatic heterocycles. The van der Waals surface area contributed by atoms with Crippen LogP contribution in [-0.2, 0) is 4.79 Å². The molecule has 0 saturated heterocycles. The summed E-state index contributed by atoms with van der Waals surface area (Å²) < 4.78 is 0.769. The Balaban J connectivity index is 2.30. The van der Waals surface area contributed by atoms with E-state index >= 15 is 0 Å². The Bertz CT molecular complexity index is 20.0. The fourth-order valence-corrected chi connectivity index (χ4v) is 0. The molecule has 0 amide bonds. The van der Waals surface area contributed by atoms with E-state index in [0.29, 0.717) is 0 Å². The molecule has 0 radical (unpaired) electrons. The zero-order valence-electron chi connectivity index (χ0n) is 2.27. The van der Waals surface area contributed by atoms with Crippen molar-refractivity contribution in [3.63, 3.8) is 0 Å². The van der Waals surface area contributed by atoms with Gasteiger partial charge in [-0.2, -0.15) is 0 Å². The Labute approximate surface area is 38.9 Å². The van der Waals surface area contributed by atoms with Crippen LogP contribution in [0, 0.1) is 0 Å². The van der Waals surface area contributed by atoms with E-state index in [2.05, 4.69) is 0 Å². The number of carbonyl (C=O) groups excluding carboxylic acids is 1. The van der Waals surface area contributed by atoms with Crippen LogP contribution in [0.2, 0.25) is 4.37 Å². The van der Waals surface area contributed by atoms with E-state index in [-0.39, 0.29) is 0 Å². The van der Waals surface area contributed by atoms with Gasteiger partial charge in [-0.1, -0.05) is 0 Å². The minimum absolute atomic E-state index is 0.769. The van der Waals surface area contributed by atoms with Crippen molar-refractivity contribution < 1.29 is 4.79 Å². The topological polar surface area (TPSA) is 17.1 Å². The fraction of sp³-hybridized carbons (Fsp3) is 0.500. The Morgan fingerprint density at radius 3 is 2.25 bits per heavy atom. The van der Waals surface area contributed by atoms with Gasteiger partial charge in [0.1, 0.15) is 0 Å². The monoisotopic (exact) mass is 166 g/mol. The molecule has 0 atom stereocenters. The van der Waals surface area contributed by atoms with Gasteiger partial charge in [0.05, 0.1) is 0 Å². The molecule has 0 aromatic rings. The summed E-state index contributed by atoms with van der Waals surface area (Å²) in [6.07, 6.45) is 0.933. The van der Waals surface area contributed by atoms with Gasteiger partial charge in [0.25, 0.3) is 0 Å². The summed E-state index contributed by atoms with van der Waals surface area (Å²) in [6, 6.07) is 0. The first-order valence-corrected chi connectivity index (χ1v) is 3.38. The quantitative estimate of drug-likeness (QED) is 0.370. The normalized spacial score (nSPS) is 6.25. The van der Waals surface area contributed by atoms with Crippen LogP contribution >= 0.6 is 0 Å². The maximum atomic E-state index is 9.21. The number of hydrogen-bond acceptors (Lipinski definition) is 1. The Morgan fingerprint density at radius 2 is 2.25 bits per heavy atom. The van der Waals surface area contributed by atoms with Crippen molar-refractivity contribution in [3.8, 4) is 0 Å². The molecule has 0 fully saturated rings. The van der Waals surface area contributed by atoms with E-state index in [1.54, 1.807) is 0 Å². The molecule has 0 aromatic carbocycles. The summed E-state index contributed by atoms with van der Waals surface area (Å²) in [5.74, 6) is 0. The van der Waals surface area contributed by atoms with Gasteiger partial charge in [-0.05, 0) is 0 Å². The van der Waals surface area contributed by atoms with E-state index in [1.165, 1.54) is 0 Å². The van der Waals surface area contributed by atoms with Gasteiger partial charge in [-0.15, -0.1) is 0 Å². The molecule has 0 aliphatic heterocycles. The summed E-state index contributed by atoms with van der Waals surface area (Å²) in [5.41, 5.74) is 0. The Hall–Kier alpha value is 0.488. The average molecular weight is 167 g/mol. The molecule has 0 N–H and O–H groups in total. The van der Waals surface area contributed by atoms with Gasteiger partial charge in [-0.3, -0.25) is 0 Å². The fourth-order valence-electron chi connectivity index (χ4n) is 0. The molecule has 0 saturated carbocycles. The number of carbonyl (C=O) groups is 1. The van der Waals surface area contributed by atoms with Crippen LogP contribution < -0.4 is 0 Å². The van der Waals surface area contributed by atoms with Crippen molar-refractivity contribution in [2.45, 2.75) is 4.37 Å². The van der Waals surface area contributed by atoms with E-state index in [1.807, 2.05) is 0 Å². The third-order valence-corrected chi connectivity index (χ3v) is 0.645. The van der Waals surface area contributed by atoms with Gasteiger partial charge >= 0.3 is 38.5 Å². The zero-order chi connectivity index (χ0) is 3.41. The predicted octanol–water partition coefficient (Wildman–Crippen LogP) is -0.763. The molecule has 2 heteroatoms. The van der Waals surface area contributed by atoms with Gasteiger partial charge in [0.2, 0.25) is 0 Å². The van der Waals surface area contributed by atoms with E-state index in [4.69, 9.17) is 0 Å². The minimum atomic E-state index is 0.769. The average Bonchev–Trinajstić information content (AvgIpc) is 1.37. The predicted molar refractivity (Wildman–Crippen MR) is 19.4 cm³/mol. The summed E-state index contributed by atoms with van der Waals surface area (Å²) in [7, 11) is 0. The third-order valence-electron chi connectivity index (χ3n) is 0.0962. The molecule has 0 heterocycles. The van der Waals surface area contributed by atoms with E-state index in [0.717, 1.165) is 33.7 Å². The Morgan fingerprint density at radius 1 is 2.00 bits per heavy atom. The summed E-state index contributed by atoms with van der Waals surface area (Å²) in [4.78, 5) is 9.21. The van der Waals surface area contributed by atoms with Crippen molar-refractivity contribution in [3.05, 3.63) is 0 Å².